The van der Waals surface area contributed by atoms with E-state index in [9.17, 15) is 5.26 Å². The standard InChI is InChI=1S/C17H17N3O/c1-21-15-6-4-13(11-18)17(10-15)20-14-5-7-16-12(9-14)3-2-8-19-16/h4-7,9-10,19-20H,2-3,8H2,1H3. The molecule has 106 valence electrons. The Morgan fingerprint density at radius 2 is 2.14 bits per heavy atom. The van der Waals surface area contributed by atoms with Gasteiger partial charge in [0.15, 0.2) is 0 Å². The summed E-state index contributed by atoms with van der Waals surface area (Å²) in [5.74, 6) is 0.733. The zero-order valence-electron chi connectivity index (χ0n) is 11.9. The van der Waals surface area contributed by atoms with Crippen LogP contribution >= 0.6 is 0 Å². The van der Waals surface area contributed by atoms with Crippen molar-refractivity contribution in [3.05, 3.63) is 47.5 Å². The van der Waals surface area contributed by atoms with Gasteiger partial charge in [-0.25, -0.2) is 0 Å². The minimum Gasteiger partial charge on any atom is -0.497 e. The fourth-order valence-corrected chi connectivity index (χ4v) is 2.56. The highest BCUT2D eigenvalue weighted by Gasteiger charge is 2.10. The van der Waals surface area contributed by atoms with E-state index in [1.807, 2.05) is 12.1 Å². The summed E-state index contributed by atoms with van der Waals surface area (Å²) < 4.78 is 5.22. The Labute approximate surface area is 124 Å². The van der Waals surface area contributed by atoms with Gasteiger partial charge in [0.05, 0.1) is 18.4 Å². The van der Waals surface area contributed by atoms with E-state index in [1.165, 1.54) is 11.3 Å². The lowest BCUT2D eigenvalue weighted by atomic mass is 10.0. The summed E-state index contributed by atoms with van der Waals surface area (Å²) in [7, 11) is 1.62. The normalized spacial score (nSPS) is 12.8. The fourth-order valence-electron chi connectivity index (χ4n) is 2.56. The number of anilines is 3. The van der Waals surface area contributed by atoms with Gasteiger partial charge >= 0.3 is 0 Å². The molecule has 0 radical (unpaired) electrons. The van der Waals surface area contributed by atoms with E-state index in [-0.39, 0.29) is 0 Å². The summed E-state index contributed by atoms with van der Waals surface area (Å²) in [5, 5.41) is 15.9. The maximum absolute atomic E-state index is 9.21. The molecule has 4 nitrogen and oxygen atoms in total. The Morgan fingerprint density at radius 1 is 1.24 bits per heavy atom. The third-order valence-electron chi connectivity index (χ3n) is 3.67. The van der Waals surface area contributed by atoms with Gasteiger partial charge in [-0.2, -0.15) is 5.26 Å². The van der Waals surface area contributed by atoms with E-state index >= 15 is 0 Å². The average molecular weight is 279 g/mol. The van der Waals surface area contributed by atoms with Crippen LogP contribution in [0.3, 0.4) is 0 Å². The first kappa shape index (κ1) is 13.3. The first-order valence-corrected chi connectivity index (χ1v) is 7.02. The SMILES string of the molecule is COc1ccc(C#N)c(Nc2ccc3c(c2)CCCN3)c1. The van der Waals surface area contributed by atoms with Crippen molar-refractivity contribution in [1.29, 1.82) is 5.26 Å². The lowest BCUT2D eigenvalue weighted by Gasteiger charge is -2.19. The van der Waals surface area contributed by atoms with Crippen molar-refractivity contribution < 1.29 is 4.74 Å². The Balaban J connectivity index is 1.91. The van der Waals surface area contributed by atoms with Crippen molar-refractivity contribution >= 4 is 17.1 Å². The van der Waals surface area contributed by atoms with E-state index in [0.717, 1.165) is 36.5 Å². The van der Waals surface area contributed by atoms with Crippen LogP contribution in [0.25, 0.3) is 0 Å². The molecule has 1 heterocycles. The largest absolute Gasteiger partial charge is 0.497 e. The molecule has 1 aliphatic rings. The zero-order valence-corrected chi connectivity index (χ0v) is 11.9. The summed E-state index contributed by atoms with van der Waals surface area (Å²) in [6.07, 6.45) is 2.24. The molecule has 2 aromatic carbocycles. The summed E-state index contributed by atoms with van der Waals surface area (Å²) in [6.45, 7) is 1.04. The third kappa shape index (κ3) is 2.77. The van der Waals surface area contributed by atoms with Gasteiger partial charge in [0.25, 0.3) is 0 Å². The van der Waals surface area contributed by atoms with Gasteiger partial charge in [-0.1, -0.05) is 0 Å². The lowest BCUT2D eigenvalue weighted by Crippen LogP contribution is -2.11. The Kier molecular flexibility index (Phi) is 3.65. The van der Waals surface area contributed by atoms with Crippen LogP contribution in [0.5, 0.6) is 5.75 Å². The molecule has 4 heteroatoms. The van der Waals surface area contributed by atoms with Crippen LogP contribution < -0.4 is 15.4 Å². The van der Waals surface area contributed by atoms with E-state index in [0.29, 0.717) is 5.56 Å². The highest BCUT2D eigenvalue weighted by Crippen LogP contribution is 2.29. The molecule has 3 rings (SSSR count). The van der Waals surface area contributed by atoms with E-state index in [2.05, 4.69) is 28.8 Å². The lowest BCUT2D eigenvalue weighted by molar-refractivity contribution is 0.415. The van der Waals surface area contributed by atoms with Crippen LogP contribution in [0.15, 0.2) is 36.4 Å². The molecule has 0 saturated carbocycles. The van der Waals surface area contributed by atoms with Crippen LogP contribution in [0.4, 0.5) is 17.1 Å². The second-order valence-electron chi connectivity index (χ2n) is 5.05. The maximum Gasteiger partial charge on any atom is 0.121 e. The molecule has 0 aliphatic carbocycles. The monoisotopic (exact) mass is 279 g/mol. The molecule has 0 unspecified atom stereocenters. The topological polar surface area (TPSA) is 57.1 Å². The van der Waals surface area contributed by atoms with Crippen molar-refractivity contribution in [3.8, 4) is 11.8 Å². The molecule has 0 fully saturated rings. The summed E-state index contributed by atoms with van der Waals surface area (Å²) in [6, 6.07) is 13.9. The number of hydrogen-bond acceptors (Lipinski definition) is 4. The zero-order chi connectivity index (χ0) is 14.7. The Hall–Kier alpha value is -2.67. The highest BCUT2D eigenvalue weighted by atomic mass is 16.5. The number of benzene rings is 2. The number of rotatable bonds is 3. The van der Waals surface area contributed by atoms with Crippen molar-refractivity contribution in [1.82, 2.24) is 0 Å². The summed E-state index contributed by atoms with van der Waals surface area (Å²) >= 11 is 0. The number of methoxy groups -OCH3 is 1. The van der Waals surface area contributed by atoms with Gasteiger partial charge in [0, 0.05) is 24.0 Å². The number of ether oxygens (including phenoxy) is 1. The van der Waals surface area contributed by atoms with E-state index < -0.39 is 0 Å². The van der Waals surface area contributed by atoms with Crippen LogP contribution in [0.2, 0.25) is 0 Å². The number of nitriles is 1. The Morgan fingerprint density at radius 3 is 2.95 bits per heavy atom. The molecule has 21 heavy (non-hydrogen) atoms. The van der Waals surface area contributed by atoms with Gasteiger partial charge in [-0.15, -0.1) is 0 Å². The molecule has 0 bridgehead atoms. The average Bonchev–Trinajstić information content (AvgIpc) is 2.54. The first-order chi connectivity index (χ1) is 10.3. The van der Waals surface area contributed by atoms with Crippen molar-refractivity contribution in [2.24, 2.45) is 0 Å². The maximum atomic E-state index is 9.21. The van der Waals surface area contributed by atoms with Crippen LogP contribution in [-0.4, -0.2) is 13.7 Å². The molecule has 0 atom stereocenters. The minimum absolute atomic E-state index is 0.603. The highest BCUT2D eigenvalue weighted by molar-refractivity contribution is 5.71. The molecule has 0 aromatic heterocycles. The van der Waals surface area contributed by atoms with Crippen LogP contribution in [0.1, 0.15) is 17.5 Å². The van der Waals surface area contributed by atoms with Gasteiger partial charge in [0.2, 0.25) is 0 Å². The molecular formula is C17H17N3O. The smallest absolute Gasteiger partial charge is 0.121 e. The number of nitrogens with zero attached hydrogens (tertiary/aromatic N) is 1. The number of fused-ring (bicyclic) bond motifs is 1. The second-order valence-corrected chi connectivity index (χ2v) is 5.05. The van der Waals surface area contributed by atoms with Crippen LogP contribution in [0, 0.1) is 11.3 Å². The van der Waals surface area contributed by atoms with E-state index in [4.69, 9.17) is 4.74 Å². The van der Waals surface area contributed by atoms with Gasteiger partial charge in [-0.3, -0.25) is 0 Å². The quantitative estimate of drug-likeness (QED) is 0.900. The van der Waals surface area contributed by atoms with Crippen LogP contribution in [-0.2, 0) is 6.42 Å². The molecule has 2 N–H and O–H groups in total. The number of aryl methyl sites for hydroxylation is 1. The molecular weight excluding hydrogens is 262 g/mol. The third-order valence-corrected chi connectivity index (χ3v) is 3.67. The second kappa shape index (κ2) is 5.76. The van der Waals surface area contributed by atoms with Crippen molar-refractivity contribution in [3.63, 3.8) is 0 Å². The summed E-state index contributed by atoms with van der Waals surface area (Å²) in [5.41, 5.74) is 4.88. The summed E-state index contributed by atoms with van der Waals surface area (Å²) in [4.78, 5) is 0. The predicted octanol–water partition coefficient (Wildman–Crippen LogP) is 3.67. The van der Waals surface area contributed by atoms with Gasteiger partial charge in [-0.05, 0) is 48.7 Å². The minimum atomic E-state index is 0.603. The molecule has 0 saturated heterocycles. The van der Waals surface area contributed by atoms with E-state index in [1.54, 1.807) is 19.2 Å². The number of hydrogen-bond donors (Lipinski definition) is 2. The van der Waals surface area contributed by atoms with Gasteiger partial charge < -0.3 is 15.4 Å². The van der Waals surface area contributed by atoms with Crippen molar-refractivity contribution in [2.75, 3.05) is 24.3 Å². The van der Waals surface area contributed by atoms with Gasteiger partial charge in [0.1, 0.15) is 11.8 Å². The molecule has 0 amide bonds. The Bertz CT molecular complexity index is 704. The van der Waals surface area contributed by atoms with Crippen molar-refractivity contribution in [2.45, 2.75) is 12.8 Å². The molecule has 2 aromatic rings. The molecule has 1 aliphatic heterocycles. The first-order valence-electron chi connectivity index (χ1n) is 7.02. The molecule has 0 spiro atoms. The number of nitrogens with one attached hydrogen (secondary N) is 2. The fraction of sp³-hybridized carbons (Fsp3) is 0.235. The predicted molar refractivity (Wildman–Crippen MR) is 84.2 cm³/mol.